The first kappa shape index (κ1) is 26.2. The second-order valence-electron chi connectivity index (χ2n) is 11.6. The van der Waals surface area contributed by atoms with Gasteiger partial charge in [0.2, 0.25) is 0 Å². The number of esters is 2. The minimum absolute atomic E-state index is 0.0622. The fourth-order valence-electron chi connectivity index (χ4n) is 5.94. The maximum atomic E-state index is 13.4. The zero-order chi connectivity index (χ0) is 23.4. The number of carbonyl (C=O) groups is 2. The molecule has 0 aromatic rings. The Morgan fingerprint density at radius 3 is 1.84 bits per heavy atom. The van der Waals surface area contributed by atoms with Crippen LogP contribution < -0.4 is 0 Å². The van der Waals surface area contributed by atoms with Gasteiger partial charge in [0.05, 0.1) is 11.3 Å². The van der Waals surface area contributed by atoms with Crippen molar-refractivity contribution < 1.29 is 19.1 Å². The molecule has 0 aliphatic heterocycles. The smallest absolute Gasteiger partial charge is 0.312 e. The van der Waals surface area contributed by atoms with Crippen molar-refractivity contribution in [1.82, 2.24) is 0 Å². The third kappa shape index (κ3) is 5.85. The summed E-state index contributed by atoms with van der Waals surface area (Å²) in [5.74, 6) is 0.707. The van der Waals surface area contributed by atoms with E-state index in [-0.39, 0.29) is 23.8 Å². The molecule has 2 unspecified atom stereocenters. The Hall–Kier alpha value is -1.06. The molecule has 0 bridgehead atoms. The molecular weight excluding hydrogens is 388 g/mol. The van der Waals surface area contributed by atoms with Gasteiger partial charge in [0.15, 0.2) is 0 Å². The Morgan fingerprint density at radius 1 is 0.806 bits per heavy atom. The molecule has 0 N–H and O–H groups in total. The van der Waals surface area contributed by atoms with Crippen LogP contribution in [0.15, 0.2) is 0 Å². The highest BCUT2D eigenvalue weighted by Crippen LogP contribution is 2.48. The van der Waals surface area contributed by atoms with E-state index >= 15 is 0 Å². The minimum Gasteiger partial charge on any atom is -0.459 e. The van der Waals surface area contributed by atoms with E-state index in [1.54, 1.807) is 0 Å². The van der Waals surface area contributed by atoms with Crippen LogP contribution in [0.4, 0.5) is 0 Å². The Morgan fingerprint density at radius 2 is 1.32 bits per heavy atom. The highest BCUT2D eigenvalue weighted by molar-refractivity contribution is 5.77. The Bertz CT molecular complexity index is 609. The van der Waals surface area contributed by atoms with Gasteiger partial charge in [0.1, 0.15) is 11.2 Å². The molecule has 2 aliphatic carbocycles. The van der Waals surface area contributed by atoms with Crippen molar-refractivity contribution in [3.8, 4) is 0 Å². The van der Waals surface area contributed by atoms with Gasteiger partial charge < -0.3 is 9.47 Å². The zero-order valence-electron chi connectivity index (χ0n) is 21.5. The molecule has 0 saturated heterocycles. The van der Waals surface area contributed by atoms with Crippen molar-refractivity contribution in [2.45, 2.75) is 131 Å². The molecule has 0 heterocycles. The summed E-state index contributed by atoms with van der Waals surface area (Å²) in [7, 11) is 0. The van der Waals surface area contributed by atoms with E-state index in [1.807, 2.05) is 13.8 Å². The normalized spacial score (nSPS) is 23.8. The molecule has 0 aromatic heterocycles. The lowest BCUT2D eigenvalue weighted by molar-refractivity contribution is -0.183. The summed E-state index contributed by atoms with van der Waals surface area (Å²) in [6.07, 6.45) is 10.5. The van der Waals surface area contributed by atoms with Crippen molar-refractivity contribution in [3.63, 3.8) is 0 Å². The fraction of sp³-hybridized carbons (Fsp3) is 0.926. The lowest BCUT2D eigenvalue weighted by Crippen LogP contribution is -2.48. The van der Waals surface area contributed by atoms with E-state index in [1.165, 1.54) is 12.8 Å². The topological polar surface area (TPSA) is 52.6 Å². The van der Waals surface area contributed by atoms with Gasteiger partial charge in [0, 0.05) is 0 Å². The Labute approximate surface area is 191 Å². The van der Waals surface area contributed by atoms with E-state index in [0.29, 0.717) is 11.8 Å². The number of carbonyl (C=O) groups excluding carboxylic acids is 2. The molecular formula is C27H48O4. The second kappa shape index (κ2) is 10.3. The van der Waals surface area contributed by atoms with Crippen LogP contribution in [0.5, 0.6) is 0 Å². The van der Waals surface area contributed by atoms with Crippen LogP contribution in [0.3, 0.4) is 0 Å². The highest BCUT2D eigenvalue weighted by Gasteiger charge is 2.48. The minimum atomic E-state index is -0.538. The monoisotopic (exact) mass is 436 g/mol. The predicted molar refractivity (Wildman–Crippen MR) is 126 cm³/mol. The van der Waals surface area contributed by atoms with Crippen LogP contribution in [-0.2, 0) is 19.1 Å². The molecule has 2 aliphatic rings. The summed E-state index contributed by atoms with van der Waals surface area (Å²) in [6.45, 7) is 16.4. The molecule has 0 aromatic carbocycles. The summed E-state index contributed by atoms with van der Waals surface area (Å²) in [5.41, 5.74) is -1.37. The lowest BCUT2D eigenvalue weighted by atomic mass is 9.63. The van der Waals surface area contributed by atoms with Gasteiger partial charge in [-0.3, -0.25) is 9.59 Å². The van der Waals surface area contributed by atoms with Gasteiger partial charge in [0.25, 0.3) is 0 Å². The first-order chi connectivity index (χ1) is 14.4. The van der Waals surface area contributed by atoms with Crippen molar-refractivity contribution in [3.05, 3.63) is 0 Å². The summed E-state index contributed by atoms with van der Waals surface area (Å²) in [4.78, 5) is 25.9. The molecule has 180 valence electrons. The zero-order valence-corrected chi connectivity index (χ0v) is 21.5. The third-order valence-corrected chi connectivity index (χ3v) is 8.63. The summed E-state index contributed by atoms with van der Waals surface area (Å²) < 4.78 is 12.3. The molecule has 4 heteroatoms. The molecule has 0 amide bonds. The number of ether oxygens (including phenoxy) is 2. The average molecular weight is 437 g/mol. The first-order valence-corrected chi connectivity index (χ1v) is 12.9. The highest BCUT2D eigenvalue weighted by atomic mass is 16.6. The summed E-state index contributed by atoms with van der Waals surface area (Å²) in [6, 6.07) is 0. The average Bonchev–Trinajstić information content (AvgIpc) is 3.27. The molecule has 2 atom stereocenters. The van der Waals surface area contributed by atoms with Gasteiger partial charge in [-0.25, -0.2) is 0 Å². The van der Waals surface area contributed by atoms with E-state index < -0.39 is 16.6 Å². The second-order valence-corrected chi connectivity index (χ2v) is 11.6. The van der Waals surface area contributed by atoms with Crippen molar-refractivity contribution >= 4 is 11.9 Å². The predicted octanol–water partition coefficient (Wildman–Crippen LogP) is 7.09. The lowest BCUT2D eigenvalue weighted by Gasteiger charge is -2.46. The molecule has 2 saturated carbocycles. The Balaban J connectivity index is 2.14. The maximum absolute atomic E-state index is 13.4. The van der Waals surface area contributed by atoms with E-state index in [9.17, 15) is 9.59 Å². The van der Waals surface area contributed by atoms with Gasteiger partial charge in [-0.15, -0.1) is 0 Å². The quantitative estimate of drug-likeness (QED) is 0.362. The first-order valence-electron chi connectivity index (χ1n) is 12.9. The molecule has 31 heavy (non-hydrogen) atoms. The van der Waals surface area contributed by atoms with Crippen molar-refractivity contribution in [2.24, 2.45) is 29.1 Å². The largest absolute Gasteiger partial charge is 0.459 e. The standard InChI is InChI=1S/C27H48O4/c1-9-27(10-2,30-23(28)19(3)4)22-17-13-16-21(18-22)25(5,6)24(29)31-26(7,8)20-14-11-12-15-20/h19-22H,9-18H2,1-8H3. The number of rotatable bonds is 9. The molecule has 2 rings (SSSR count). The van der Waals surface area contributed by atoms with Crippen molar-refractivity contribution in [1.29, 1.82) is 0 Å². The van der Waals surface area contributed by atoms with Gasteiger partial charge in [-0.05, 0) is 90.4 Å². The number of hydrogen-bond donors (Lipinski definition) is 0. The van der Waals surface area contributed by atoms with Gasteiger partial charge in [-0.1, -0.05) is 47.0 Å². The van der Waals surface area contributed by atoms with E-state index in [0.717, 1.165) is 51.4 Å². The van der Waals surface area contributed by atoms with Gasteiger partial charge in [-0.2, -0.15) is 0 Å². The van der Waals surface area contributed by atoms with Crippen LogP contribution in [-0.4, -0.2) is 23.1 Å². The van der Waals surface area contributed by atoms with Crippen LogP contribution >= 0.6 is 0 Å². The molecule has 0 radical (unpaired) electrons. The van der Waals surface area contributed by atoms with E-state index in [4.69, 9.17) is 9.47 Å². The fourth-order valence-corrected chi connectivity index (χ4v) is 5.94. The third-order valence-electron chi connectivity index (χ3n) is 8.63. The molecule has 0 spiro atoms. The van der Waals surface area contributed by atoms with Crippen molar-refractivity contribution in [2.75, 3.05) is 0 Å². The Kier molecular flexibility index (Phi) is 8.66. The molecule has 4 nitrogen and oxygen atoms in total. The van der Waals surface area contributed by atoms with Crippen LogP contribution in [0, 0.1) is 29.1 Å². The van der Waals surface area contributed by atoms with Crippen LogP contribution in [0.25, 0.3) is 0 Å². The van der Waals surface area contributed by atoms with Crippen LogP contribution in [0.2, 0.25) is 0 Å². The number of hydrogen-bond acceptors (Lipinski definition) is 4. The summed E-state index contributed by atoms with van der Waals surface area (Å²) in [5, 5.41) is 0. The summed E-state index contributed by atoms with van der Waals surface area (Å²) >= 11 is 0. The van der Waals surface area contributed by atoms with Crippen LogP contribution in [0.1, 0.15) is 120 Å². The SMILES string of the molecule is CCC(CC)(OC(=O)C(C)C)C1CCCC(C(C)(C)C(=O)OC(C)(C)C2CCCC2)C1. The molecule has 2 fully saturated rings. The maximum Gasteiger partial charge on any atom is 0.312 e. The van der Waals surface area contributed by atoms with E-state index in [2.05, 4.69) is 41.5 Å². The van der Waals surface area contributed by atoms with Gasteiger partial charge >= 0.3 is 11.9 Å².